The van der Waals surface area contributed by atoms with Crippen molar-refractivity contribution < 1.29 is 4.79 Å². The highest BCUT2D eigenvalue weighted by Gasteiger charge is 2.17. The molecule has 1 aromatic heterocycles. The van der Waals surface area contributed by atoms with Crippen LogP contribution in [0.5, 0.6) is 0 Å². The number of aromatic nitrogens is 2. The number of amides is 1. The van der Waals surface area contributed by atoms with Crippen LogP contribution in [0.4, 0.5) is 0 Å². The summed E-state index contributed by atoms with van der Waals surface area (Å²) in [5, 5.41) is 0.631. The third-order valence-electron chi connectivity index (χ3n) is 2.96. The summed E-state index contributed by atoms with van der Waals surface area (Å²) in [5.41, 5.74) is 1.75. The Morgan fingerprint density at radius 2 is 2.32 bits per heavy atom. The number of H-pyrrole nitrogens is 1. The van der Waals surface area contributed by atoms with E-state index in [9.17, 15) is 4.79 Å². The molecular weight excluding hydrogens is 282 g/mol. The molecule has 1 N–H and O–H groups in total. The van der Waals surface area contributed by atoms with Crippen LogP contribution < -0.4 is 0 Å². The molecule has 1 atom stereocenters. The molecule has 0 aliphatic heterocycles. The number of nitrogens with zero attached hydrogens (tertiary/aromatic N) is 2. The molecule has 0 aliphatic rings. The Morgan fingerprint density at radius 3 is 3.00 bits per heavy atom. The minimum atomic E-state index is -0.0381. The van der Waals surface area contributed by atoms with Gasteiger partial charge in [0, 0.05) is 12.1 Å². The van der Waals surface area contributed by atoms with E-state index in [-0.39, 0.29) is 11.2 Å². The molecule has 1 aromatic carbocycles. The number of imidazole rings is 1. The van der Waals surface area contributed by atoms with Crippen LogP contribution in [0, 0.1) is 0 Å². The van der Waals surface area contributed by atoms with Crippen LogP contribution in [0.3, 0.4) is 0 Å². The Hall–Kier alpha value is -1.20. The maximum atomic E-state index is 12.0. The van der Waals surface area contributed by atoms with Gasteiger partial charge < -0.3 is 9.88 Å². The second-order valence-corrected chi connectivity index (χ2v) is 6.03. The highest BCUT2D eigenvalue weighted by atomic mass is 35.5. The molecule has 1 amide bonds. The summed E-state index contributed by atoms with van der Waals surface area (Å²) in [4.78, 5) is 21.3. The number of fused-ring (bicyclic) bond motifs is 1. The van der Waals surface area contributed by atoms with Gasteiger partial charge >= 0.3 is 0 Å². The smallest absolute Gasteiger partial charge is 0.235 e. The predicted octanol–water partition coefficient (Wildman–Crippen LogP) is 2.93. The number of rotatable bonds is 4. The molecule has 2 aromatic rings. The van der Waals surface area contributed by atoms with Gasteiger partial charge in [-0.05, 0) is 31.4 Å². The van der Waals surface area contributed by atoms with E-state index in [0.717, 1.165) is 16.9 Å². The van der Waals surface area contributed by atoms with Crippen LogP contribution in [-0.2, 0) is 11.3 Å². The molecule has 4 nitrogen and oxygen atoms in total. The molecule has 1 heterocycles. The van der Waals surface area contributed by atoms with E-state index >= 15 is 0 Å². The maximum absolute atomic E-state index is 12.0. The molecule has 0 radical (unpaired) electrons. The SMILES string of the molecule is CS[C@@H](C)C(=O)N(C)Cc1nc2ccc(Cl)cc2[nH]1. The number of hydrogen-bond donors (Lipinski definition) is 1. The number of carbonyl (C=O) groups excluding carboxylic acids is 1. The van der Waals surface area contributed by atoms with E-state index < -0.39 is 0 Å². The van der Waals surface area contributed by atoms with E-state index in [4.69, 9.17) is 11.6 Å². The van der Waals surface area contributed by atoms with Crippen LogP contribution in [0.15, 0.2) is 18.2 Å². The largest absolute Gasteiger partial charge is 0.340 e. The van der Waals surface area contributed by atoms with Crippen molar-refractivity contribution in [3.05, 3.63) is 29.0 Å². The first kappa shape index (κ1) is 14.2. The maximum Gasteiger partial charge on any atom is 0.235 e. The van der Waals surface area contributed by atoms with Crippen LogP contribution in [0.1, 0.15) is 12.7 Å². The quantitative estimate of drug-likeness (QED) is 0.944. The molecule has 0 saturated heterocycles. The van der Waals surface area contributed by atoms with Crippen LogP contribution in [-0.4, -0.2) is 39.3 Å². The Balaban J connectivity index is 2.15. The number of thioether (sulfide) groups is 1. The van der Waals surface area contributed by atoms with Gasteiger partial charge in [-0.15, -0.1) is 0 Å². The van der Waals surface area contributed by atoms with Gasteiger partial charge in [-0.3, -0.25) is 4.79 Å². The summed E-state index contributed by atoms with van der Waals surface area (Å²) in [6.45, 7) is 2.37. The average Bonchev–Trinajstić information content (AvgIpc) is 2.77. The first-order valence-electron chi connectivity index (χ1n) is 5.93. The van der Waals surface area contributed by atoms with Gasteiger partial charge in [0.15, 0.2) is 0 Å². The van der Waals surface area contributed by atoms with Crippen molar-refractivity contribution in [1.82, 2.24) is 14.9 Å². The van der Waals surface area contributed by atoms with E-state index in [2.05, 4.69) is 9.97 Å². The lowest BCUT2D eigenvalue weighted by Crippen LogP contribution is -2.32. The number of aromatic amines is 1. The molecule has 0 bridgehead atoms. The fraction of sp³-hybridized carbons (Fsp3) is 0.385. The van der Waals surface area contributed by atoms with Gasteiger partial charge in [0.2, 0.25) is 5.91 Å². The zero-order valence-electron chi connectivity index (χ0n) is 11.1. The molecule has 19 heavy (non-hydrogen) atoms. The predicted molar refractivity (Wildman–Crippen MR) is 80.6 cm³/mol. The fourth-order valence-electron chi connectivity index (χ4n) is 1.82. The van der Waals surface area contributed by atoms with Gasteiger partial charge in [0.05, 0.1) is 22.8 Å². The minimum Gasteiger partial charge on any atom is -0.340 e. The zero-order chi connectivity index (χ0) is 14.0. The Kier molecular flexibility index (Phi) is 4.37. The first-order chi connectivity index (χ1) is 9.01. The molecule has 102 valence electrons. The topological polar surface area (TPSA) is 49.0 Å². The fourth-order valence-corrected chi connectivity index (χ4v) is 2.38. The standard InChI is InChI=1S/C13H16ClN3OS/c1-8(19-3)13(18)17(2)7-12-15-10-5-4-9(14)6-11(10)16-12/h4-6,8H,7H2,1-3H3,(H,15,16)/t8-/m0/s1. The molecule has 0 spiro atoms. The second-order valence-electron chi connectivity index (χ2n) is 4.42. The number of carbonyl (C=O) groups is 1. The number of benzene rings is 1. The van der Waals surface area contributed by atoms with Crippen molar-refractivity contribution >= 4 is 40.3 Å². The van der Waals surface area contributed by atoms with Crippen LogP contribution in [0.2, 0.25) is 5.02 Å². The van der Waals surface area contributed by atoms with Crippen molar-refractivity contribution in [2.75, 3.05) is 13.3 Å². The number of hydrogen-bond acceptors (Lipinski definition) is 3. The van der Waals surface area contributed by atoms with Crippen molar-refractivity contribution in [1.29, 1.82) is 0 Å². The van der Waals surface area contributed by atoms with Crippen LogP contribution >= 0.6 is 23.4 Å². The van der Waals surface area contributed by atoms with Crippen molar-refractivity contribution in [2.45, 2.75) is 18.7 Å². The monoisotopic (exact) mass is 297 g/mol. The summed E-state index contributed by atoms with van der Waals surface area (Å²) in [7, 11) is 1.79. The van der Waals surface area contributed by atoms with Crippen molar-refractivity contribution in [2.24, 2.45) is 0 Å². The molecule has 6 heteroatoms. The van der Waals surface area contributed by atoms with Gasteiger partial charge in [-0.2, -0.15) is 11.8 Å². The number of halogens is 1. The third kappa shape index (κ3) is 3.22. The van der Waals surface area contributed by atoms with E-state index in [1.54, 1.807) is 18.0 Å². The summed E-state index contributed by atoms with van der Waals surface area (Å²) in [6.07, 6.45) is 1.93. The molecule has 0 saturated carbocycles. The molecular formula is C13H16ClN3OS. The normalized spacial score (nSPS) is 12.6. The summed E-state index contributed by atoms with van der Waals surface area (Å²) in [6, 6.07) is 5.50. The van der Waals surface area contributed by atoms with Crippen LogP contribution in [0.25, 0.3) is 11.0 Å². The van der Waals surface area contributed by atoms with Crippen molar-refractivity contribution in [3.8, 4) is 0 Å². The summed E-state index contributed by atoms with van der Waals surface area (Å²) in [5.74, 6) is 0.868. The minimum absolute atomic E-state index is 0.0381. The van der Waals surface area contributed by atoms with Gasteiger partial charge in [-0.1, -0.05) is 11.6 Å². The highest BCUT2D eigenvalue weighted by molar-refractivity contribution is 7.99. The second kappa shape index (κ2) is 5.84. The first-order valence-corrected chi connectivity index (χ1v) is 7.59. The number of nitrogens with one attached hydrogen (secondary N) is 1. The van der Waals surface area contributed by atoms with Gasteiger partial charge in [0.25, 0.3) is 0 Å². The summed E-state index contributed by atoms with van der Waals surface area (Å²) < 4.78 is 0. The lowest BCUT2D eigenvalue weighted by atomic mass is 10.3. The molecule has 0 unspecified atom stereocenters. The summed E-state index contributed by atoms with van der Waals surface area (Å²) >= 11 is 7.47. The lowest BCUT2D eigenvalue weighted by molar-refractivity contribution is -0.129. The zero-order valence-corrected chi connectivity index (χ0v) is 12.7. The van der Waals surface area contributed by atoms with E-state index in [0.29, 0.717) is 11.6 Å². The van der Waals surface area contributed by atoms with Crippen molar-refractivity contribution in [3.63, 3.8) is 0 Å². The van der Waals surface area contributed by atoms with Gasteiger partial charge in [-0.25, -0.2) is 4.98 Å². The van der Waals surface area contributed by atoms with Gasteiger partial charge in [0.1, 0.15) is 5.82 Å². The third-order valence-corrected chi connectivity index (χ3v) is 4.10. The molecule has 2 rings (SSSR count). The Bertz CT molecular complexity index is 599. The van der Waals surface area contributed by atoms with E-state index in [1.807, 2.05) is 25.3 Å². The lowest BCUT2D eigenvalue weighted by Gasteiger charge is -2.18. The highest BCUT2D eigenvalue weighted by Crippen LogP contribution is 2.18. The Labute approximate surface area is 121 Å². The van der Waals surface area contributed by atoms with E-state index in [1.165, 1.54) is 11.8 Å². The average molecular weight is 298 g/mol. The molecule has 0 aliphatic carbocycles. The Morgan fingerprint density at radius 1 is 1.58 bits per heavy atom. The molecule has 0 fully saturated rings.